The molecule has 0 radical (unpaired) electrons. The maximum Gasteiger partial charge on any atom is 0.254 e. The van der Waals surface area contributed by atoms with Crippen molar-refractivity contribution in [3.8, 4) is 11.5 Å². The Morgan fingerprint density at radius 2 is 2.04 bits per heavy atom. The highest BCUT2D eigenvalue weighted by Gasteiger charge is 2.24. The van der Waals surface area contributed by atoms with E-state index in [-0.39, 0.29) is 31.2 Å². The van der Waals surface area contributed by atoms with Crippen molar-refractivity contribution in [2.24, 2.45) is 0 Å². The highest BCUT2D eigenvalue weighted by molar-refractivity contribution is 5.99. The second-order valence-corrected chi connectivity index (χ2v) is 5.53. The van der Waals surface area contributed by atoms with Gasteiger partial charge in [0.25, 0.3) is 5.91 Å². The molecular weight excluding hydrogens is 314 g/mol. The minimum atomic E-state index is -0.355. The summed E-state index contributed by atoms with van der Waals surface area (Å²) in [6.45, 7) is 3.72. The van der Waals surface area contributed by atoms with Gasteiger partial charge in [0.15, 0.2) is 17.3 Å². The van der Waals surface area contributed by atoms with Crippen LogP contribution in [0.4, 0.5) is 5.82 Å². The van der Waals surface area contributed by atoms with Crippen LogP contribution in [0, 0.1) is 0 Å². The molecule has 8 heteroatoms. The number of benzene rings is 1. The molecule has 2 amide bonds. The Hall–Kier alpha value is -3.03. The number of nitrogens with one attached hydrogen (secondary N) is 1. The molecule has 3 rings (SSSR count). The zero-order valence-electron chi connectivity index (χ0n) is 13.3. The van der Waals surface area contributed by atoms with E-state index in [9.17, 15) is 9.59 Å². The van der Waals surface area contributed by atoms with Crippen molar-refractivity contribution in [3.63, 3.8) is 0 Å². The van der Waals surface area contributed by atoms with Gasteiger partial charge in [0.05, 0.1) is 0 Å². The van der Waals surface area contributed by atoms with Crippen molar-refractivity contribution in [3.05, 3.63) is 36.1 Å². The van der Waals surface area contributed by atoms with Crippen LogP contribution in [-0.4, -0.2) is 41.3 Å². The highest BCUT2D eigenvalue weighted by atomic mass is 16.7. The summed E-state index contributed by atoms with van der Waals surface area (Å²) in [7, 11) is 0. The Kier molecular flexibility index (Phi) is 4.37. The van der Waals surface area contributed by atoms with Crippen molar-refractivity contribution in [1.82, 2.24) is 10.1 Å². The molecule has 126 valence electrons. The molecule has 2 heterocycles. The summed E-state index contributed by atoms with van der Waals surface area (Å²) in [5.74, 6) is 0.813. The van der Waals surface area contributed by atoms with Gasteiger partial charge in [0, 0.05) is 17.7 Å². The van der Waals surface area contributed by atoms with Gasteiger partial charge < -0.3 is 24.2 Å². The molecule has 1 aromatic carbocycles. The Balaban J connectivity index is 1.72. The van der Waals surface area contributed by atoms with Crippen molar-refractivity contribution in [2.75, 3.05) is 18.7 Å². The average molecular weight is 331 g/mol. The number of nitrogens with zero attached hydrogens (tertiary/aromatic N) is 2. The Labute approximate surface area is 138 Å². The summed E-state index contributed by atoms with van der Waals surface area (Å²) in [6.07, 6.45) is 1.35. The van der Waals surface area contributed by atoms with Crippen molar-refractivity contribution >= 4 is 17.6 Å². The molecule has 24 heavy (non-hydrogen) atoms. The second kappa shape index (κ2) is 6.61. The number of carbonyl (C=O) groups excluding carboxylic acids is 2. The van der Waals surface area contributed by atoms with E-state index in [1.165, 1.54) is 17.2 Å². The number of aromatic nitrogens is 1. The van der Waals surface area contributed by atoms with Crippen LogP contribution in [0.5, 0.6) is 11.5 Å². The van der Waals surface area contributed by atoms with Crippen LogP contribution in [0.15, 0.2) is 35.1 Å². The molecule has 1 aliphatic heterocycles. The van der Waals surface area contributed by atoms with Crippen molar-refractivity contribution in [2.45, 2.75) is 19.9 Å². The lowest BCUT2D eigenvalue weighted by molar-refractivity contribution is -0.117. The second-order valence-electron chi connectivity index (χ2n) is 5.53. The van der Waals surface area contributed by atoms with Gasteiger partial charge in [0.1, 0.15) is 12.8 Å². The monoisotopic (exact) mass is 331 g/mol. The van der Waals surface area contributed by atoms with Crippen LogP contribution in [0.2, 0.25) is 0 Å². The zero-order chi connectivity index (χ0) is 17.1. The largest absolute Gasteiger partial charge is 0.454 e. The Morgan fingerprint density at radius 1 is 1.25 bits per heavy atom. The zero-order valence-corrected chi connectivity index (χ0v) is 13.3. The first-order chi connectivity index (χ1) is 11.5. The third kappa shape index (κ3) is 3.32. The van der Waals surface area contributed by atoms with Gasteiger partial charge in [-0.05, 0) is 32.0 Å². The number of ether oxygens (including phenoxy) is 2. The Morgan fingerprint density at radius 3 is 2.75 bits per heavy atom. The summed E-state index contributed by atoms with van der Waals surface area (Å²) in [5.41, 5.74) is 0.433. The van der Waals surface area contributed by atoms with Gasteiger partial charge in [-0.1, -0.05) is 5.16 Å². The van der Waals surface area contributed by atoms with Crippen molar-refractivity contribution in [1.29, 1.82) is 0 Å². The molecule has 0 saturated heterocycles. The van der Waals surface area contributed by atoms with E-state index in [1.54, 1.807) is 18.2 Å². The molecule has 1 N–H and O–H groups in total. The number of carbonyl (C=O) groups is 2. The maximum atomic E-state index is 12.7. The molecule has 0 spiro atoms. The molecule has 2 aromatic rings. The summed E-state index contributed by atoms with van der Waals surface area (Å²) in [4.78, 5) is 26.3. The summed E-state index contributed by atoms with van der Waals surface area (Å²) < 4.78 is 15.2. The molecule has 1 aromatic heterocycles. The molecule has 8 nitrogen and oxygen atoms in total. The lowest BCUT2D eigenvalue weighted by atomic mass is 10.1. The van der Waals surface area contributed by atoms with Gasteiger partial charge in [-0.25, -0.2) is 0 Å². The van der Waals surface area contributed by atoms with Crippen molar-refractivity contribution < 1.29 is 23.6 Å². The fourth-order valence-corrected chi connectivity index (χ4v) is 2.30. The number of hydrogen-bond donors (Lipinski definition) is 1. The molecule has 0 bridgehead atoms. The highest BCUT2D eigenvalue weighted by Crippen LogP contribution is 2.32. The molecule has 0 saturated carbocycles. The number of rotatable bonds is 5. The first-order valence-electron chi connectivity index (χ1n) is 7.45. The van der Waals surface area contributed by atoms with E-state index >= 15 is 0 Å². The quantitative estimate of drug-likeness (QED) is 0.899. The summed E-state index contributed by atoms with van der Waals surface area (Å²) in [6, 6.07) is 6.32. The van der Waals surface area contributed by atoms with Gasteiger partial charge >= 0.3 is 0 Å². The standard InChI is InChI=1S/C16H17N3O5/c1-10(2)19(8-15(20)17-14-5-6-24-18-14)16(21)11-3-4-12-13(7-11)23-9-22-12/h3-7,10H,8-9H2,1-2H3,(H,17,18,20). The van der Waals surface area contributed by atoms with Gasteiger partial charge in [-0.15, -0.1) is 0 Å². The van der Waals surface area contributed by atoms with E-state index in [2.05, 4.69) is 15.0 Å². The third-order valence-electron chi connectivity index (χ3n) is 3.52. The molecule has 0 atom stereocenters. The summed E-state index contributed by atoms with van der Waals surface area (Å²) in [5, 5.41) is 6.18. The molecule has 0 fully saturated rings. The van der Waals surface area contributed by atoms with Crippen LogP contribution in [0.3, 0.4) is 0 Å². The van der Waals surface area contributed by atoms with Gasteiger partial charge in [0.2, 0.25) is 12.7 Å². The Bertz CT molecular complexity index is 742. The lowest BCUT2D eigenvalue weighted by Gasteiger charge is -2.26. The van der Waals surface area contributed by atoms with Gasteiger partial charge in [-0.3, -0.25) is 9.59 Å². The fourth-order valence-electron chi connectivity index (χ4n) is 2.30. The summed E-state index contributed by atoms with van der Waals surface area (Å²) >= 11 is 0. The number of fused-ring (bicyclic) bond motifs is 1. The molecule has 0 unspecified atom stereocenters. The molecular formula is C16H17N3O5. The first kappa shape index (κ1) is 15.9. The maximum absolute atomic E-state index is 12.7. The fraction of sp³-hybridized carbons (Fsp3) is 0.312. The van der Waals surface area contributed by atoms with E-state index < -0.39 is 0 Å². The minimum absolute atomic E-state index is 0.0994. The van der Waals surface area contributed by atoms with Crippen LogP contribution in [0.25, 0.3) is 0 Å². The first-order valence-corrected chi connectivity index (χ1v) is 7.45. The van der Waals surface area contributed by atoms with Gasteiger partial charge in [-0.2, -0.15) is 0 Å². The van der Waals surface area contributed by atoms with E-state index in [0.29, 0.717) is 22.9 Å². The van der Waals surface area contributed by atoms with Crippen LogP contribution >= 0.6 is 0 Å². The number of hydrogen-bond acceptors (Lipinski definition) is 6. The SMILES string of the molecule is CC(C)N(CC(=O)Nc1ccon1)C(=O)c1ccc2c(c1)OCO2. The average Bonchev–Trinajstić information content (AvgIpc) is 3.22. The van der Waals surface area contributed by atoms with Crippen LogP contribution < -0.4 is 14.8 Å². The number of anilines is 1. The van der Waals surface area contributed by atoms with Crippen LogP contribution in [0.1, 0.15) is 24.2 Å². The van der Waals surface area contributed by atoms with E-state index in [0.717, 1.165) is 0 Å². The predicted molar refractivity (Wildman–Crippen MR) is 83.9 cm³/mol. The predicted octanol–water partition coefficient (Wildman–Crippen LogP) is 1.89. The molecule has 1 aliphatic rings. The number of amides is 2. The van der Waals surface area contributed by atoms with E-state index in [4.69, 9.17) is 9.47 Å². The topological polar surface area (TPSA) is 93.9 Å². The third-order valence-corrected chi connectivity index (χ3v) is 3.52. The van der Waals surface area contributed by atoms with E-state index in [1.807, 2.05) is 13.8 Å². The smallest absolute Gasteiger partial charge is 0.254 e. The normalized spacial score (nSPS) is 12.3. The lowest BCUT2D eigenvalue weighted by Crippen LogP contribution is -2.42. The molecule has 0 aliphatic carbocycles. The van der Waals surface area contributed by atoms with Crippen LogP contribution in [-0.2, 0) is 4.79 Å². The minimum Gasteiger partial charge on any atom is -0.454 e.